The molecule has 0 fully saturated rings. The van der Waals surface area contributed by atoms with Gasteiger partial charge in [0.1, 0.15) is 0 Å². The zero-order valence-corrected chi connectivity index (χ0v) is 17.6. The Hall–Kier alpha value is -2.30. The largest absolute Gasteiger partial charge is 0.418 e. The molecule has 0 aliphatic rings. The maximum absolute atomic E-state index is 13.5. The monoisotopic (exact) mass is 449 g/mol. The fraction of sp³-hybridized carbons (Fsp3) is 0.278. The number of halogens is 4. The Labute approximate surface area is 171 Å². The third-order valence-electron chi connectivity index (χ3n) is 4.03. The fourth-order valence-corrected chi connectivity index (χ4v) is 3.53. The number of amides is 1. The summed E-state index contributed by atoms with van der Waals surface area (Å²) in [7, 11) is 1.94. The van der Waals surface area contributed by atoms with Crippen molar-refractivity contribution >= 4 is 38.9 Å². The second-order valence-corrected chi connectivity index (χ2v) is 9.06. The van der Waals surface area contributed by atoms with E-state index in [1.54, 1.807) is 14.1 Å². The van der Waals surface area contributed by atoms with Crippen LogP contribution < -0.4 is 10.2 Å². The smallest absolute Gasteiger partial charge is 0.378 e. The summed E-state index contributed by atoms with van der Waals surface area (Å²) < 4.78 is 65.8. The van der Waals surface area contributed by atoms with Crippen molar-refractivity contribution in [3.05, 3.63) is 52.5 Å². The van der Waals surface area contributed by atoms with Crippen molar-refractivity contribution in [2.45, 2.75) is 11.1 Å². The van der Waals surface area contributed by atoms with Crippen LogP contribution in [0.25, 0.3) is 0 Å². The van der Waals surface area contributed by atoms with Gasteiger partial charge in [-0.15, -0.1) is 0 Å². The third-order valence-corrected chi connectivity index (χ3v) is 6.17. The Morgan fingerprint density at radius 2 is 1.66 bits per heavy atom. The molecule has 158 valence electrons. The van der Waals surface area contributed by atoms with Crippen LogP contribution in [0.5, 0.6) is 0 Å². The van der Waals surface area contributed by atoms with Crippen molar-refractivity contribution in [2.75, 3.05) is 38.4 Å². The average molecular weight is 450 g/mol. The van der Waals surface area contributed by atoms with Gasteiger partial charge in [-0.1, -0.05) is 11.6 Å². The molecule has 0 heterocycles. The lowest BCUT2D eigenvalue weighted by Gasteiger charge is -2.19. The molecule has 0 spiro atoms. The van der Waals surface area contributed by atoms with Crippen LogP contribution in [0.2, 0.25) is 5.02 Å². The molecule has 0 aliphatic heterocycles. The highest BCUT2D eigenvalue weighted by atomic mass is 35.5. The van der Waals surface area contributed by atoms with Gasteiger partial charge in [0.05, 0.1) is 26.7 Å². The minimum Gasteiger partial charge on any atom is -0.378 e. The van der Waals surface area contributed by atoms with Crippen molar-refractivity contribution in [2.24, 2.45) is 0 Å². The van der Waals surface area contributed by atoms with Crippen LogP contribution in [-0.2, 0) is 16.2 Å². The van der Waals surface area contributed by atoms with E-state index in [2.05, 4.69) is 5.32 Å². The molecule has 2 aromatic carbocycles. The SMILES string of the molecule is CN(C)c1ccc(NC(=O)c2cc(S(=O)(=O)N(C)C)ccc2Cl)c(C(F)(F)F)c1. The van der Waals surface area contributed by atoms with E-state index >= 15 is 0 Å². The zero-order chi connectivity index (χ0) is 22.1. The van der Waals surface area contributed by atoms with Gasteiger partial charge < -0.3 is 10.2 Å². The highest BCUT2D eigenvalue weighted by Gasteiger charge is 2.34. The summed E-state index contributed by atoms with van der Waals surface area (Å²) in [4.78, 5) is 13.9. The first-order valence-electron chi connectivity index (χ1n) is 8.17. The normalized spacial score (nSPS) is 12.2. The van der Waals surface area contributed by atoms with E-state index in [1.807, 2.05) is 0 Å². The maximum Gasteiger partial charge on any atom is 0.418 e. The summed E-state index contributed by atoms with van der Waals surface area (Å²) in [6, 6.07) is 6.89. The van der Waals surface area contributed by atoms with E-state index in [9.17, 15) is 26.4 Å². The van der Waals surface area contributed by atoms with Gasteiger partial charge in [0.15, 0.2) is 0 Å². The molecule has 1 N–H and O–H groups in total. The molecule has 0 aliphatic carbocycles. The van der Waals surface area contributed by atoms with Gasteiger partial charge in [-0.05, 0) is 36.4 Å². The predicted molar refractivity (Wildman–Crippen MR) is 106 cm³/mol. The number of sulfonamides is 1. The molecular formula is C18H19ClF3N3O3S. The molecule has 29 heavy (non-hydrogen) atoms. The number of anilines is 2. The number of carbonyl (C=O) groups is 1. The second-order valence-electron chi connectivity index (χ2n) is 6.51. The van der Waals surface area contributed by atoms with Gasteiger partial charge in [0.25, 0.3) is 5.91 Å². The van der Waals surface area contributed by atoms with Crippen LogP contribution in [0.1, 0.15) is 15.9 Å². The Kier molecular flexibility index (Phi) is 6.51. The number of benzene rings is 2. The van der Waals surface area contributed by atoms with Gasteiger partial charge in [0, 0.05) is 33.9 Å². The van der Waals surface area contributed by atoms with E-state index < -0.39 is 33.4 Å². The molecule has 0 atom stereocenters. The number of hydrogen-bond donors (Lipinski definition) is 1. The summed E-state index contributed by atoms with van der Waals surface area (Å²) in [5.41, 5.74) is -1.47. The van der Waals surface area contributed by atoms with Gasteiger partial charge in [0.2, 0.25) is 10.0 Å². The van der Waals surface area contributed by atoms with E-state index in [4.69, 9.17) is 11.6 Å². The minimum atomic E-state index is -4.71. The molecule has 0 unspecified atom stereocenters. The lowest BCUT2D eigenvalue weighted by atomic mass is 10.1. The van der Waals surface area contributed by atoms with E-state index in [-0.39, 0.29) is 15.5 Å². The first kappa shape index (κ1) is 23.0. The van der Waals surface area contributed by atoms with Crippen molar-refractivity contribution in [3.63, 3.8) is 0 Å². The first-order valence-corrected chi connectivity index (χ1v) is 9.99. The molecule has 0 radical (unpaired) electrons. The summed E-state index contributed by atoms with van der Waals surface area (Å²) in [5.74, 6) is -0.964. The molecule has 0 saturated carbocycles. The quantitative estimate of drug-likeness (QED) is 0.751. The number of carbonyl (C=O) groups excluding carboxylic acids is 1. The summed E-state index contributed by atoms with van der Waals surface area (Å²) in [6.45, 7) is 0. The summed E-state index contributed by atoms with van der Waals surface area (Å²) in [5, 5.41) is 2.08. The molecule has 11 heteroatoms. The lowest BCUT2D eigenvalue weighted by molar-refractivity contribution is -0.136. The van der Waals surface area contributed by atoms with Gasteiger partial charge in [-0.3, -0.25) is 4.79 Å². The van der Waals surface area contributed by atoms with Crippen LogP contribution in [-0.4, -0.2) is 46.8 Å². The Bertz CT molecular complexity index is 1040. The van der Waals surface area contributed by atoms with Gasteiger partial charge in [-0.25, -0.2) is 12.7 Å². The fourth-order valence-electron chi connectivity index (χ4n) is 2.39. The number of nitrogens with one attached hydrogen (secondary N) is 1. The molecule has 2 rings (SSSR count). The van der Waals surface area contributed by atoms with E-state index in [0.717, 1.165) is 22.5 Å². The van der Waals surface area contributed by atoms with E-state index in [0.29, 0.717) is 5.69 Å². The van der Waals surface area contributed by atoms with Crippen LogP contribution in [0.15, 0.2) is 41.3 Å². The Morgan fingerprint density at radius 3 is 2.17 bits per heavy atom. The highest BCUT2D eigenvalue weighted by Crippen LogP contribution is 2.37. The summed E-state index contributed by atoms with van der Waals surface area (Å²) >= 11 is 5.99. The second kappa shape index (κ2) is 8.21. The maximum atomic E-state index is 13.5. The number of hydrogen-bond acceptors (Lipinski definition) is 4. The topological polar surface area (TPSA) is 69.7 Å². The minimum absolute atomic E-state index is 0.0984. The Balaban J connectivity index is 2.48. The molecule has 0 aromatic heterocycles. The third kappa shape index (κ3) is 5.01. The number of nitrogens with zero attached hydrogens (tertiary/aromatic N) is 2. The summed E-state index contributed by atoms with van der Waals surface area (Å²) in [6.07, 6.45) is -4.71. The molecule has 6 nitrogen and oxygen atoms in total. The molecular weight excluding hydrogens is 431 g/mol. The molecule has 0 bridgehead atoms. The highest BCUT2D eigenvalue weighted by molar-refractivity contribution is 7.89. The van der Waals surface area contributed by atoms with E-state index in [1.165, 1.54) is 37.2 Å². The van der Waals surface area contributed by atoms with Gasteiger partial charge in [-0.2, -0.15) is 13.2 Å². The van der Waals surface area contributed by atoms with Crippen LogP contribution in [0.4, 0.5) is 24.5 Å². The first-order chi connectivity index (χ1) is 13.2. The van der Waals surface area contributed by atoms with Crippen LogP contribution >= 0.6 is 11.6 Å². The number of rotatable bonds is 5. The van der Waals surface area contributed by atoms with Crippen molar-refractivity contribution < 1.29 is 26.4 Å². The van der Waals surface area contributed by atoms with Crippen LogP contribution in [0.3, 0.4) is 0 Å². The molecule has 1 amide bonds. The predicted octanol–water partition coefficient (Wildman–Crippen LogP) is 3.93. The van der Waals surface area contributed by atoms with Crippen molar-refractivity contribution in [3.8, 4) is 0 Å². The zero-order valence-electron chi connectivity index (χ0n) is 16.0. The van der Waals surface area contributed by atoms with Crippen LogP contribution in [0, 0.1) is 0 Å². The lowest BCUT2D eigenvalue weighted by Crippen LogP contribution is -2.23. The van der Waals surface area contributed by atoms with Crippen molar-refractivity contribution in [1.29, 1.82) is 0 Å². The average Bonchev–Trinajstić information content (AvgIpc) is 2.60. The number of alkyl halides is 3. The Morgan fingerprint density at radius 1 is 1.03 bits per heavy atom. The molecule has 2 aromatic rings. The van der Waals surface area contributed by atoms with Crippen molar-refractivity contribution in [1.82, 2.24) is 4.31 Å². The molecule has 0 saturated heterocycles. The standard InChI is InChI=1S/C18H19ClF3N3O3S/c1-24(2)11-5-8-16(14(9-11)18(20,21)22)23-17(26)13-10-12(6-7-15(13)19)29(27,28)25(3)4/h5-10H,1-4H3,(H,23,26). The van der Waals surface area contributed by atoms with Gasteiger partial charge >= 0.3 is 6.18 Å².